The van der Waals surface area contributed by atoms with Gasteiger partial charge < -0.3 is 20.5 Å². The number of fused-ring (bicyclic) bond motifs is 3. The fraction of sp³-hybridized carbons (Fsp3) is 0.423. The SMILES string of the molecule is CC(CCC(=O)O)NC(=O)[C@@H]1CC[C@H](NC(=O)OCC2c3ccccc3-c3ccccc32)C1. The minimum absolute atomic E-state index is 0.0116. The largest absolute Gasteiger partial charge is 0.481 e. The Hall–Kier alpha value is -3.35. The Kier molecular flexibility index (Phi) is 6.96. The van der Waals surface area contributed by atoms with Crippen molar-refractivity contribution in [2.75, 3.05) is 6.61 Å². The van der Waals surface area contributed by atoms with Gasteiger partial charge in [-0.1, -0.05) is 48.5 Å². The first-order valence-electron chi connectivity index (χ1n) is 11.6. The van der Waals surface area contributed by atoms with E-state index in [9.17, 15) is 14.4 Å². The molecular weight excluding hydrogens is 420 g/mol. The zero-order chi connectivity index (χ0) is 23.4. The fourth-order valence-electron chi connectivity index (χ4n) is 4.93. The number of carbonyl (C=O) groups excluding carboxylic acids is 2. The van der Waals surface area contributed by atoms with E-state index in [1.807, 2.05) is 31.2 Å². The first kappa shape index (κ1) is 22.8. The zero-order valence-corrected chi connectivity index (χ0v) is 18.8. The fourth-order valence-corrected chi connectivity index (χ4v) is 4.93. The van der Waals surface area contributed by atoms with Gasteiger partial charge in [0.05, 0.1) is 0 Å². The lowest BCUT2D eigenvalue weighted by atomic mass is 9.98. The quantitative estimate of drug-likeness (QED) is 0.563. The van der Waals surface area contributed by atoms with Crippen LogP contribution >= 0.6 is 0 Å². The van der Waals surface area contributed by atoms with Gasteiger partial charge in [0.2, 0.25) is 5.91 Å². The van der Waals surface area contributed by atoms with Gasteiger partial charge in [-0.05, 0) is 54.9 Å². The number of ether oxygens (including phenoxy) is 1. The molecule has 2 aliphatic rings. The maximum absolute atomic E-state index is 12.5. The minimum atomic E-state index is -0.871. The molecule has 1 fully saturated rings. The minimum Gasteiger partial charge on any atom is -0.481 e. The predicted molar refractivity (Wildman–Crippen MR) is 124 cm³/mol. The molecule has 0 bridgehead atoms. The molecule has 2 aromatic carbocycles. The van der Waals surface area contributed by atoms with Crippen LogP contribution in [0.1, 0.15) is 56.1 Å². The van der Waals surface area contributed by atoms with Crippen LogP contribution in [0.5, 0.6) is 0 Å². The van der Waals surface area contributed by atoms with Crippen molar-refractivity contribution in [3.63, 3.8) is 0 Å². The van der Waals surface area contributed by atoms with Crippen LogP contribution in [0, 0.1) is 5.92 Å². The average molecular weight is 451 g/mol. The van der Waals surface area contributed by atoms with Crippen molar-refractivity contribution >= 4 is 18.0 Å². The number of carboxylic acids is 1. The molecule has 33 heavy (non-hydrogen) atoms. The van der Waals surface area contributed by atoms with Crippen molar-refractivity contribution in [1.82, 2.24) is 10.6 Å². The third kappa shape index (κ3) is 5.35. The summed E-state index contributed by atoms with van der Waals surface area (Å²) in [6, 6.07) is 16.1. The van der Waals surface area contributed by atoms with Crippen molar-refractivity contribution in [1.29, 1.82) is 0 Å². The molecule has 2 aromatic rings. The highest BCUT2D eigenvalue weighted by molar-refractivity contribution is 5.80. The molecular formula is C26H30N2O5. The van der Waals surface area contributed by atoms with Crippen LogP contribution in [0.4, 0.5) is 4.79 Å². The van der Waals surface area contributed by atoms with E-state index < -0.39 is 12.1 Å². The van der Waals surface area contributed by atoms with Crippen molar-refractivity contribution in [2.45, 2.75) is 57.0 Å². The molecule has 0 saturated heterocycles. The van der Waals surface area contributed by atoms with Gasteiger partial charge in [0.15, 0.2) is 0 Å². The van der Waals surface area contributed by atoms with Crippen LogP contribution < -0.4 is 10.6 Å². The van der Waals surface area contributed by atoms with E-state index in [4.69, 9.17) is 9.84 Å². The van der Waals surface area contributed by atoms with Gasteiger partial charge in [0.1, 0.15) is 6.61 Å². The van der Waals surface area contributed by atoms with Crippen LogP contribution in [0.15, 0.2) is 48.5 Å². The summed E-state index contributed by atoms with van der Waals surface area (Å²) in [5.41, 5.74) is 4.70. The van der Waals surface area contributed by atoms with Crippen LogP contribution in [0.3, 0.4) is 0 Å². The molecule has 2 amide bonds. The molecule has 0 heterocycles. The monoisotopic (exact) mass is 450 g/mol. The second-order valence-corrected chi connectivity index (χ2v) is 9.02. The van der Waals surface area contributed by atoms with Crippen LogP contribution in [-0.2, 0) is 14.3 Å². The molecule has 2 aliphatic carbocycles. The van der Waals surface area contributed by atoms with Gasteiger partial charge in [-0.2, -0.15) is 0 Å². The summed E-state index contributed by atoms with van der Waals surface area (Å²) in [5, 5.41) is 14.6. The topological polar surface area (TPSA) is 105 Å². The summed E-state index contributed by atoms with van der Waals surface area (Å²) in [4.78, 5) is 35.6. The predicted octanol–water partition coefficient (Wildman–Crippen LogP) is 4.06. The Balaban J connectivity index is 1.26. The molecule has 7 heteroatoms. The third-order valence-corrected chi connectivity index (χ3v) is 6.65. The highest BCUT2D eigenvalue weighted by Gasteiger charge is 2.33. The third-order valence-electron chi connectivity index (χ3n) is 6.65. The molecule has 0 aromatic heterocycles. The van der Waals surface area contributed by atoms with Gasteiger partial charge in [-0.15, -0.1) is 0 Å². The number of rotatable bonds is 8. The van der Waals surface area contributed by atoms with E-state index >= 15 is 0 Å². The summed E-state index contributed by atoms with van der Waals surface area (Å²) in [6.45, 7) is 2.07. The van der Waals surface area contributed by atoms with Gasteiger partial charge >= 0.3 is 12.1 Å². The van der Waals surface area contributed by atoms with Crippen LogP contribution in [0.2, 0.25) is 0 Å². The summed E-state index contributed by atoms with van der Waals surface area (Å²) < 4.78 is 5.61. The Morgan fingerprint density at radius 3 is 2.30 bits per heavy atom. The number of carboxylic acid groups (broad SMARTS) is 1. The Morgan fingerprint density at radius 1 is 1.03 bits per heavy atom. The second kappa shape index (κ2) is 10.1. The van der Waals surface area contributed by atoms with Gasteiger partial charge in [0, 0.05) is 30.3 Å². The van der Waals surface area contributed by atoms with E-state index in [0.29, 0.717) is 25.7 Å². The first-order chi connectivity index (χ1) is 15.9. The lowest BCUT2D eigenvalue weighted by Crippen LogP contribution is -2.38. The van der Waals surface area contributed by atoms with E-state index in [0.717, 1.165) is 0 Å². The second-order valence-electron chi connectivity index (χ2n) is 9.02. The molecule has 0 spiro atoms. The number of hydrogen-bond acceptors (Lipinski definition) is 4. The first-order valence-corrected chi connectivity index (χ1v) is 11.6. The number of alkyl carbamates (subject to hydrolysis) is 1. The standard InChI is InChI=1S/C26H30N2O5/c1-16(10-13-24(29)30)27-25(31)17-11-12-18(14-17)28-26(32)33-15-23-21-8-4-2-6-19(21)20-7-3-5-9-22(20)23/h2-9,16-18,23H,10-15H2,1H3,(H,27,31)(H,28,32)(H,29,30)/t16?,17-,18+/m1/s1. The Labute approximate surface area is 193 Å². The molecule has 4 rings (SSSR count). The number of carbonyl (C=O) groups is 3. The highest BCUT2D eigenvalue weighted by atomic mass is 16.5. The summed E-state index contributed by atoms with van der Waals surface area (Å²) >= 11 is 0. The molecule has 1 unspecified atom stereocenters. The normalized spacial score (nSPS) is 19.9. The maximum atomic E-state index is 12.5. The molecule has 7 nitrogen and oxygen atoms in total. The molecule has 1 saturated carbocycles. The Bertz CT molecular complexity index is 991. The lowest BCUT2D eigenvalue weighted by Gasteiger charge is -2.18. The van der Waals surface area contributed by atoms with Gasteiger partial charge in [0.25, 0.3) is 0 Å². The van der Waals surface area contributed by atoms with Gasteiger partial charge in [-0.25, -0.2) is 4.79 Å². The lowest BCUT2D eigenvalue weighted by molar-refractivity contribution is -0.137. The number of benzene rings is 2. The number of amides is 2. The van der Waals surface area contributed by atoms with E-state index in [2.05, 4.69) is 34.9 Å². The smallest absolute Gasteiger partial charge is 0.407 e. The number of aliphatic carboxylic acids is 1. The van der Waals surface area contributed by atoms with Crippen molar-refractivity contribution in [3.05, 3.63) is 59.7 Å². The highest BCUT2D eigenvalue weighted by Crippen LogP contribution is 2.44. The zero-order valence-electron chi connectivity index (χ0n) is 18.8. The molecule has 0 aliphatic heterocycles. The molecule has 174 valence electrons. The maximum Gasteiger partial charge on any atom is 0.407 e. The number of hydrogen-bond donors (Lipinski definition) is 3. The van der Waals surface area contributed by atoms with Crippen molar-refractivity contribution in [3.8, 4) is 11.1 Å². The summed E-state index contributed by atoms with van der Waals surface area (Å²) in [7, 11) is 0. The van der Waals surface area contributed by atoms with Crippen LogP contribution in [-0.4, -0.2) is 41.8 Å². The molecule has 3 atom stereocenters. The molecule has 3 N–H and O–H groups in total. The average Bonchev–Trinajstić information content (AvgIpc) is 3.39. The summed E-state index contributed by atoms with van der Waals surface area (Å²) in [5.74, 6) is -1.12. The van der Waals surface area contributed by atoms with E-state index in [1.165, 1.54) is 22.3 Å². The summed E-state index contributed by atoms with van der Waals surface area (Å²) in [6.07, 6.45) is 1.92. The van der Waals surface area contributed by atoms with E-state index in [-0.39, 0.29) is 42.9 Å². The van der Waals surface area contributed by atoms with E-state index in [1.54, 1.807) is 0 Å². The number of nitrogens with one attached hydrogen (secondary N) is 2. The van der Waals surface area contributed by atoms with Crippen LogP contribution in [0.25, 0.3) is 11.1 Å². The van der Waals surface area contributed by atoms with Gasteiger partial charge in [-0.3, -0.25) is 9.59 Å². The Morgan fingerprint density at radius 2 is 1.67 bits per heavy atom. The van der Waals surface area contributed by atoms with Crippen molar-refractivity contribution in [2.24, 2.45) is 5.92 Å². The van der Waals surface area contributed by atoms with Crippen molar-refractivity contribution < 1.29 is 24.2 Å². The molecule has 0 radical (unpaired) electrons.